The zero-order chi connectivity index (χ0) is 25.5. The third-order valence-electron chi connectivity index (χ3n) is 7.99. The number of carbonyl (C=O) groups is 4. The number of carbonyl (C=O) groups excluding carboxylic acids is 4. The van der Waals surface area contributed by atoms with Crippen LogP contribution in [0.2, 0.25) is 0 Å². The van der Waals surface area contributed by atoms with Crippen LogP contribution in [0.25, 0.3) is 0 Å². The molecule has 0 bridgehead atoms. The summed E-state index contributed by atoms with van der Waals surface area (Å²) in [4.78, 5) is 58.2. The first-order valence-corrected chi connectivity index (χ1v) is 12.9. The maximum absolute atomic E-state index is 14.6. The van der Waals surface area contributed by atoms with Crippen LogP contribution < -0.4 is 15.2 Å². The number of anilines is 2. The summed E-state index contributed by atoms with van der Waals surface area (Å²) in [6.07, 6.45) is 0.0440. The van der Waals surface area contributed by atoms with Gasteiger partial charge in [0.25, 0.3) is 5.91 Å². The summed E-state index contributed by atoms with van der Waals surface area (Å²) in [6.45, 7) is 0.305. The van der Waals surface area contributed by atoms with Crippen molar-refractivity contribution in [2.75, 3.05) is 9.80 Å². The molecule has 3 unspecified atom stereocenters. The van der Waals surface area contributed by atoms with Crippen LogP contribution in [0.5, 0.6) is 0 Å². The normalized spacial score (nSPS) is 28.2. The van der Waals surface area contributed by atoms with E-state index < -0.39 is 29.3 Å². The Morgan fingerprint density at radius 1 is 0.892 bits per heavy atom. The van der Waals surface area contributed by atoms with E-state index in [0.29, 0.717) is 23.5 Å². The van der Waals surface area contributed by atoms with Crippen molar-refractivity contribution in [1.29, 1.82) is 0 Å². The second-order valence-electron chi connectivity index (χ2n) is 9.83. The van der Waals surface area contributed by atoms with E-state index in [-0.39, 0.29) is 24.1 Å². The lowest BCUT2D eigenvalue weighted by Gasteiger charge is -2.36. The van der Waals surface area contributed by atoms with Crippen LogP contribution in [0, 0.1) is 11.8 Å². The zero-order valence-corrected chi connectivity index (χ0v) is 21.1. The van der Waals surface area contributed by atoms with Crippen LogP contribution in [-0.4, -0.2) is 34.7 Å². The van der Waals surface area contributed by atoms with Crippen molar-refractivity contribution in [1.82, 2.24) is 10.4 Å². The van der Waals surface area contributed by atoms with Crippen LogP contribution >= 0.6 is 15.9 Å². The van der Waals surface area contributed by atoms with E-state index in [2.05, 4.69) is 21.4 Å². The Hall–Kier alpha value is -3.82. The highest BCUT2D eigenvalue weighted by Gasteiger charge is 2.77. The average molecular weight is 557 g/mol. The van der Waals surface area contributed by atoms with Crippen molar-refractivity contribution in [3.8, 4) is 0 Å². The predicted molar refractivity (Wildman–Crippen MR) is 138 cm³/mol. The fourth-order valence-corrected chi connectivity index (χ4v) is 7.02. The molecule has 37 heavy (non-hydrogen) atoms. The number of amides is 4. The van der Waals surface area contributed by atoms with Gasteiger partial charge in [0.1, 0.15) is 0 Å². The number of fused-ring (bicyclic) bond motifs is 7. The van der Waals surface area contributed by atoms with Crippen molar-refractivity contribution in [3.05, 3.63) is 94.5 Å². The van der Waals surface area contributed by atoms with Crippen LogP contribution in [0.3, 0.4) is 0 Å². The highest BCUT2D eigenvalue weighted by molar-refractivity contribution is 9.10. The number of hydrazine groups is 1. The van der Waals surface area contributed by atoms with Gasteiger partial charge in [-0.2, -0.15) is 5.01 Å². The van der Waals surface area contributed by atoms with Crippen molar-refractivity contribution >= 4 is 50.9 Å². The van der Waals surface area contributed by atoms with E-state index in [1.54, 1.807) is 28.1 Å². The molecular weight excluding hydrogens is 536 g/mol. The third kappa shape index (κ3) is 2.86. The number of nitrogens with zero attached hydrogens (tertiary/aromatic N) is 3. The van der Waals surface area contributed by atoms with Crippen LogP contribution in [-0.2, 0) is 31.3 Å². The molecule has 7 rings (SSSR count). The molecule has 4 amide bonds. The number of benzene rings is 3. The average Bonchev–Trinajstić information content (AvgIpc) is 3.55. The summed E-state index contributed by atoms with van der Waals surface area (Å²) in [5.41, 5.74) is 4.03. The number of para-hydroxylation sites is 1. The fraction of sp³-hybridized carbons (Fsp3) is 0.214. The summed E-state index contributed by atoms with van der Waals surface area (Å²) in [5, 5.41) is 1.62. The van der Waals surface area contributed by atoms with Crippen LogP contribution in [0.4, 0.5) is 11.4 Å². The summed E-state index contributed by atoms with van der Waals surface area (Å²) >= 11 is 3.42. The Kier molecular flexibility index (Phi) is 4.74. The molecular formula is C28H21BrN4O4. The Morgan fingerprint density at radius 3 is 2.43 bits per heavy atom. The standard InChI is InChI=1S/C28H21BrN4O4/c29-17-9-6-10-18(13-17)32-25(35)23-21-14-22(34)30-33(21)28(24(23)26(32)36)19-11-4-5-12-20(19)31(27(28)37)15-16-7-2-1-3-8-16/h1-13,21,23-24H,14-15H2,(H,30,34)/t21?,23?,24?,28-/m0/s1. The molecule has 3 aromatic rings. The molecule has 3 saturated heterocycles. The molecule has 0 saturated carbocycles. The van der Waals surface area contributed by atoms with Gasteiger partial charge in [-0.3, -0.25) is 24.6 Å². The van der Waals surface area contributed by atoms with Gasteiger partial charge < -0.3 is 4.90 Å². The first-order chi connectivity index (χ1) is 17.9. The molecule has 3 fully saturated rings. The Morgan fingerprint density at radius 2 is 1.65 bits per heavy atom. The topological polar surface area (TPSA) is 90.0 Å². The largest absolute Gasteiger partial charge is 0.306 e. The van der Waals surface area contributed by atoms with Crippen LogP contribution in [0.1, 0.15) is 17.5 Å². The lowest BCUT2D eigenvalue weighted by molar-refractivity contribution is -0.140. The molecule has 1 spiro atoms. The molecule has 1 N–H and O–H groups in total. The highest BCUT2D eigenvalue weighted by atomic mass is 79.9. The minimum absolute atomic E-state index is 0.0440. The molecule has 4 aliphatic heterocycles. The number of hydrogen-bond donors (Lipinski definition) is 1. The first-order valence-electron chi connectivity index (χ1n) is 12.1. The zero-order valence-electron chi connectivity index (χ0n) is 19.5. The monoisotopic (exact) mass is 556 g/mol. The van der Waals surface area contributed by atoms with Crippen molar-refractivity contribution < 1.29 is 19.2 Å². The van der Waals surface area contributed by atoms with Crippen molar-refractivity contribution in [2.24, 2.45) is 11.8 Å². The van der Waals surface area contributed by atoms with Gasteiger partial charge in [-0.05, 0) is 29.8 Å². The van der Waals surface area contributed by atoms with Gasteiger partial charge >= 0.3 is 0 Å². The predicted octanol–water partition coefficient (Wildman–Crippen LogP) is 3.12. The molecule has 4 aliphatic rings. The van der Waals surface area contributed by atoms with Crippen molar-refractivity contribution in [3.63, 3.8) is 0 Å². The summed E-state index contributed by atoms with van der Waals surface area (Å²) in [7, 11) is 0. The summed E-state index contributed by atoms with van der Waals surface area (Å²) in [5.74, 6) is -3.20. The quantitative estimate of drug-likeness (QED) is 0.500. The molecule has 0 radical (unpaired) electrons. The molecule has 0 aliphatic carbocycles. The van der Waals surface area contributed by atoms with Gasteiger partial charge in [0.15, 0.2) is 5.54 Å². The minimum Gasteiger partial charge on any atom is -0.306 e. The second-order valence-corrected chi connectivity index (χ2v) is 10.7. The van der Waals surface area contributed by atoms with Gasteiger partial charge in [-0.1, -0.05) is 70.5 Å². The lowest BCUT2D eigenvalue weighted by atomic mass is 9.76. The maximum Gasteiger partial charge on any atom is 0.255 e. The smallest absolute Gasteiger partial charge is 0.255 e. The van der Waals surface area contributed by atoms with Gasteiger partial charge in [-0.15, -0.1) is 0 Å². The summed E-state index contributed by atoms with van der Waals surface area (Å²) < 4.78 is 0.730. The van der Waals surface area contributed by atoms with E-state index in [1.807, 2.05) is 60.7 Å². The van der Waals surface area contributed by atoms with Crippen LogP contribution in [0.15, 0.2) is 83.3 Å². The lowest BCUT2D eigenvalue weighted by Crippen LogP contribution is -2.59. The second kappa shape index (κ2) is 7.84. The fourth-order valence-electron chi connectivity index (χ4n) is 6.64. The van der Waals surface area contributed by atoms with Gasteiger partial charge in [0.2, 0.25) is 17.7 Å². The van der Waals surface area contributed by atoms with Crippen molar-refractivity contribution in [2.45, 2.75) is 24.5 Å². The van der Waals surface area contributed by atoms with E-state index in [1.165, 1.54) is 4.90 Å². The van der Waals surface area contributed by atoms with E-state index in [4.69, 9.17) is 0 Å². The highest BCUT2D eigenvalue weighted by Crippen LogP contribution is 2.60. The molecule has 184 valence electrons. The van der Waals surface area contributed by atoms with Gasteiger partial charge in [0.05, 0.1) is 30.1 Å². The Balaban J connectivity index is 1.42. The number of rotatable bonds is 3. The Bertz CT molecular complexity index is 1510. The molecule has 4 heterocycles. The van der Waals surface area contributed by atoms with Gasteiger partial charge in [0, 0.05) is 22.1 Å². The molecule has 0 aromatic heterocycles. The Labute approximate surface area is 220 Å². The number of halogens is 1. The third-order valence-corrected chi connectivity index (χ3v) is 8.49. The van der Waals surface area contributed by atoms with Gasteiger partial charge in [-0.25, -0.2) is 4.90 Å². The molecule has 4 atom stereocenters. The summed E-state index contributed by atoms with van der Waals surface area (Å²) in [6, 6.07) is 23.4. The molecule has 9 heteroatoms. The number of nitrogens with one attached hydrogen (secondary N) is 1. The number of hydrogen-bond acceptors (Lipinski definition) is 5. The molecule has 3 aromatic carbocycles. The SMILES string of the molecule is O=C1CC2C3C(=O)N(c4cccc(Br)c4)C(=O)C3[C@@]3(C(=O)N(Cc4ccccc4)c4ccccc43)N2N1. The number of imide groups is 1. The van der Waals surface area contributed by atoms with E-state index >= 15 is 0 Å². The minimum atomic E-state index is -1.51. The maximum atomic E-state index is 14.6. The van der Waals surface area contributed by atoms with E-state index in [0.717, 1.165) is 10.0 Å². The van der Waals surface area contributed by atoms with E-state index in [9.17, 15) is 19.2 Å². The first kappa shape index (κ1) is 22.4. The molecule has 8 nitrogen and oxygen atoms in total.